The van der Waals surface area contributed by atoms with E-state index in [-0.39, 0.29) is 5.91 Å². The minimum absolute atomic E-state index is 0.0902. The smallest absolute Gasteiger partial charge is 0.410 e. The Morgan fingerprint density at radius 1 is 1.47 bits per heavy atom. The van der Waals surface area contributed by atoms with E-state index in [0.29, 0.717) is 19.6 Å². The number of methoxy groups -OCH3 is 1. The van der Waals surface area contributed by atoms with E-state index in [1.807, 2.05) is 0 Å². The maximum absolute atomic E-state index is 11.8. The van der Waals surface area contributed by atoms with Crippen molar-refractivity contribution >= 4 is 12.0 Å². The Balaban J connectivity index is 2.73. The Bertz CT molecular complexity index is 255. The lowest BCUT2D eigenvalue weighted by Crippen LogP contribution is -2.59. The van der Waals surface area contributed by atoms with Crippen LogP contribution in [0.25, 0.3) is 0 Å². The zero-order chi connectivity index (χ0) is 11.4. The van der Waals surface area contributed by atoms with Crippen LogP contribution in [0, 0.1) is 0 Å². The normalized spacial score (nSPS) is 21.0. The van der Waals surface area contributed by atoms with Gasteiger partial charge in [0.2, 0.25) is 5.91 Å². The van der Waals surface area contributed by atoms with Gasteiger partial charge in [-0.05, 0) is 0 Å². The van der Waals surface area contributed by atoms with Gasteiger partial charge in [0.05, 0.1) is 7.11 Å². The van der Waals surface area contributed by atoms with Crippen LogP contribution in [0.5, 0.6) is 0 Å². The zero-order valence-electron chi connectivity index (χ0n) is 9.32. The molecule has 1 fully saturated rings. The van der Waals surface area contributed by atoms with E-state index in [9.17, 15) is 9.59 Å². The SMILES string of the molecule is COC(=O)N1CCNCC1C(=O)N(C)C. The van der Waals surface area contributed by atoms with Crippen molar-refractivity contribution in [1.29, 1.82) is 0 Å². The predicted molar refractivity (Wildman–Crippen MR) is 54.5 cm³/mol. The number of hydrogen-bond donors (Lipinski definition) is 1. The molecule has 6 heteroatoms. The molecule has 6 nitrogen and oxygen atoms in total. The van der Waals surface area contributed by atoms with Gasteiger partial charge in [-0.2, -0.15) is 0 Å². The molecule has 1 atom stereocenters. The Kier molecular flexibility index (Phi) is 3.90. The van der Waals surface area contributed by atoms with Crippen molar-refractivity contribution in [3.63, 3.8) is 0 Å². The molecule has 1 rings (SSSR count). The largest absolute Gasteiger partial charge is 0.453 e. The summed E-state index contributed by atoms with van der Waals surface area (Å²) < 4.78 is 4.64. The highest BCUT2D eigenvalue weighted by Gasteiger charge is 2.33. The molecule has 1 saturated heterocycles. The fourth-order valence-corrected chi connectivity index (χ4v) is 1.56. The van der Waals surface area contributed by atoms with Crippen molar-refractivity contribution in [1.82, 2.24) is 15.1 Å². The van der Waals surface area contributed by atoms with Crippen LogP contribution in [-0.2, 0) is 9.53 Å². The molecule has 0 bridgehead atoms. The molecule has 0 radical (unpaired) electrons. The van der Waals surface area contributed by atoms with Crippen molar-refractivity contribution in [2.75, 3.05) is 40.8 Å². The summed E-state index contributed by atoms with van der Waals surface area (Å²) in [6.45, 7) is 1.66. The quantitative estimate of drug-likeness (QED) is 0.616. The topological polar surface area (TPSA) is 61.9 Å². The van der Waals surface area contributed by atoms with Crippen LogP contribution in [0.3, 0.4) is 0 Å². The molecule has 0 aliphatic carbocycles. The monoisotopic (exact) mass is 215 g/mol. The molecular weight excluding hydrogens is 198 g/mol. The summed E-state index contributed by atoms with van der Waals surface area (Å²) >= 11 is 0. The summed E-state index contributed by atoms with van der Waals surface area (Å²) in [7, 11) is 4.67. The molecule has 0 aromatic heterocycles. The third-order valence-electron chi connectivity index (χ3n) is 2.38. The van der Waals surface area contributed by atoms with Crippen LogP contribution in [0.1, 0.15) is 0 Å². The molecule has 86 valence electrons. The number of rotatable bonds is 1. The molecule has 1 N–H and O–H groups in total. The molecule has 15 heavy (non-hydrogen) atoms. The van der Waals surface area contributed by atoms with Crippen LogP contribution in [0.4, 0.5) is 4.79 Å². The number of carbonyl (C=O) groups excluding carboxylic acids is 2. The lowest BCUT2D eigenvalue weighted by molar-refractivity contribution is -0.134. The molecule has 1 aliphatic heterocycles. The second-order valence-electron chi connectivity index (χ2n) is 3.62. The molecule has 0 saturated carbocycles. The summed E-state index contributed by atoms with van der Waals surface area (Å²) in [6, 6.07) is -0.457. The minimum atomic E-state index is -0.457. The Morgan fingerprint density at radius 3 is 2.67 bits per heavy atom. The van der Waals surface area contributed by atoms with E-state index in [2.05, 4.69) is 10.1 Å². The number of ether oxygens (including phenoxy) is 1. The van der Waals surface area contributed by atoms with Crippen LogP contribution in [0.2, 0.25) is 0 Å². The van der Waals surface area contributed by atoms with Crippen molar-refractivity contribution in [3.8, 4) is 0 Å². The molecule has 2 amide bonds. The lowest BCUT2D eigenvalue weighted by atomic mass is 10.2. The number of likely N-dealkylation sites (N-methyl/N-ethyl adjacent to an activating group) is 1. The predicted octanol–water partition coefficient (Wildman–Crippen LogP) is -0.885. The van der Waals surface area contributed by atoms with Gasteiger partial charge in [0.25, 0.3) is 0 Å². The van der Waals surface area contributed by atoms with Gasteiger partial charge in [0.15, 0.2) is 0 Å². The van der Waals surface area contributed by atoms with E-state index < -0.39 is 12.1 Å². The number of carbonyl (C=O) groups is 2. The fourth-order valence-electron chi connectivity index (χ4n) is 1.56. The second-order valence-corrected chi connectivity index (χ2v) is 3.62. The van der Waals surface area contributed by atoms with Gasteiger partial charge in [-0.25, -0.2) is 4.79 Å². The van der Waals surface area contributed by atoms with E-state index in [4.69, 9.17) is 0 Å². The Morgan fingerprint density at radius 2 is 2.13 bits per heavy atom. The van der Waals surface area contributed by atoms with Gasteiger partial charge in [0, 0.05) is 33.7 Å². The average molecular weight is 215 g/mol. The third-order valence-corrected chi connectivity index (χ3v) is 2.38. The molecule has 0 aromatic rings. The highest BCUT2D eigenvalue weighted by atomic mass is 16.5. The number of piperazine rings is 1. The summed E-state index contributed by atoms with van der Waals surface area (Å²) in [6.07, 6.45) is -0.447. The summed E-state index contributed by atoms with van der Waals surface area (Å²) in [5.41, 5.74) is 0. The van der Waals surface area contributed by atoms with Crippen molar-refractivity contribution in [3.05, 3.63) is 0 Å². The van der Waals surface area contributed by atoms with Crippen molar-refractivity contribution in [2.45, 2.75) is 6.04 Å². The van der Waals surface area contributed by atoms with E-state index in [1.165, 1.54) is 16.9 Å². The highest BCUT2D eigenvalue weighted by Crippen LogP contribution is 2.07. The summed E-state index contributed by atoms with van der Waals surface area (Å²) in [4.78, 5) is 26.1. The van der Waals surface area contributed by atoms with Crippen LogP contribution in [0.15, 0.2) is 0 Å². The Hall–Kier alpha value is -1.30. The first-order valence-electron chi connectivity index (χ1n) is 4.84. The second kappa shape index (κ2) is 4.97. The van der Waals surface area contributed by atoms with Crippen molar-refractivity contribution < 1.29 is 14.3 Å². The molecule has 0 spiro atoms. The van der Waals surface area contributed by atoms with Gasteiger partial charge < -0.3 is 15.0 Å². The first-order valence-corrected chi connectivity index (χ1v) is 4.84. The minimum Gasteiger partial charge on any atom is -0.453 e. The first kappa shape index (κ1) is 11.8. The summed E-state index contributed by atoms with van der Waals surface area (Å²) in [5, 5.41) is 3.08. The standard InChI is InChI=1S/C9H17N3O3/c1-11(2)8(13)7-6-10-4-5-12(7)9(14)15-3/h7,10H,4-6H2,1-3H3. The van der Waals surface area contributed by atoms with E-state index in [0.717, 1.165) is 0 Å². The van der Waals surface area contributed by atoms with Crippen LogP contribution < -0.4 is 5.32 Å². The molecule has 1 aliphatic rings. The number of nitrogens with zero attached hydrogens (tertiary/aromatic N) is 2. The van der Waals surface area contributed by atoms with Gasteiger partial charge in [-0.3, -0.25) is 9.69 Å². The van der Waals surface area contributed by atoms with Crippen LogP contribution in [-0.4, -0.2) is 68.7 Å². The van der Waals surface area contributed by atoms with E-state index >= 15 is 0 Å². The average Bonchev–Trinajstić information content (AvgIpc) is 2.27. The molecule has 0 aromatic carbocycles. The van der Waals surface area contributed by atoms with Gasteiger partial charge in [0.1, 0.15) is 6.04 Å². The van der Waals surface area contributed by atoms with Gasteiger partial charge in [-0.1, -0.05) is 0 Å². The molecule has 1 unspecified atom stereocenters. The van der Waals surface area contributed by atoms with Gasteiger partial charge >= 0.3 is 6.09 Å². The molecule has 1 heterocycles. The Labute approximate surface area is 89.2 Å². The fraction of sp³-hybridized carbons (Fsp3) is 0.778. The maximum atomic E-state index is 11.8. The number of nitrogens with one attached hydrogen (secondary N) is 1. The lowest BCUT2D eigenvalue weighted by Gasteiger charge is -2.35. The third kappa shape index (κ3) is 2.59. The number of hydrogen-bond acceptors (Lipinski definition) is 4. The first-order chi connectivity index (χ1) is 7.07. The maximum Gasteiger partial charge on any atom is 0.410 e. The summed E-state index contributed by atoms with van der Waals surface area (Å²) in [5.74, 6) is -0.0902. The van der Waals surface area contributed by atoms with Crippen molar-refractivity contribution in [2.24, 2.45) is 0 Å². The molecular formula is C9H17N3O3. The van der Waals surface area contributed by atoms with Crippen LogP contribution >= 0.6 is 0 Å². The highest BCUT2D eigenvalue weighted by molar-refractivity contribution is 5.85. The zero-order valence-corrected chi connectivity index (χ0v) is 9.32. The van der Waals surface area contributed by atoms with E-state index in [1.54, 1.807) is 14.1 Å². The number of amides is 2. The van der Waals surface area contributed by atoms with Gasteiger partial charge in [-0.15, -0.1) is 0 Å².